The minimum absolute atomic E-state index is 0.932. The molecule has 0 spiro atoms. The molecule has 0 aliphatic heterocycles. The van der Waals surface area contributed by atoms with E-state index in [0.29, 0.717) is 0 Å². The Morgan fingerprint density at radius 2 is 1.57 bits per heavy atom. The van der Waals surface area contributed by atoms with Crippen LogP contribution in [0.1, 0.15) is 25.3 Å². The lowest BCUT2D eigenvalue weighted by Gasteiger charge is -2.09. The highest BCUT2D eigenvalue weighted by Gasteiger charge is 2.17. The highest BCUT2D eigenvalue weighted by molar-refractivity contribution is 6.22. The van der Waals surface area contributed by atoms with Crippen molar-refractivity contribution in [3.8, 4) is 0 Å². The first-order valence-corrected chi connectivity index (χ1v) is 10.0. The predicted octanol–water partition coefficient (Wildman–Crippen LogP) is 7.83. The molecule has 5 rings (SSSR count). The van der Waals surface area contributed by atoms with Crippen LogP contribution in [0.5, 0.6) is 0 Å². The van der Waals surface area contributed by atoms with E-state index >= 15 is 0 Å². The van der Waals surface area contributed by atoms with Gasteiger partial charge in [-0.1, -0.05) is 74.0 Å². The molecule has 0 unspecified atom stereocenters. The summed E-state index contributed by atoms with van der Waals surface area (Å²) in [7, 11) is 0. The molecule has 2 nitrogen and oxygen atoms in total. The third kappa shape index (κ3) is 2.82. The molecule has 0 saturated heterocycles. The van der Waals surface area contributed by atoms with Crippen LogP contribution in [0.3, 0.4) is 0 Å². The van der Waals surface area contributed by atoms with Crippen LogP contribution in [-0.2, 0) is 6.42 Å². The molecule has 0 atom stereocenters. The van der Waals surface area contributed by atoms with Gasteiger partial charge in [0.2, 0.25) is 0 Å². The minimum atomic E-state index is 0.932. The molecule has 138 valence electrons. The largest absolute Gasteiger partial charge is 0.454 e. The molecule has 1 aromatic heterocycles. The Kier molecular flexibility index (Phi) is 4.25. The topological polar surface area (TPSA) is 25.2 Å². The molecule has 0 amide bonds. The van der Waals surface area contributed by atoms with Crippen LogP contribution in [-0.4, -0.2) is 0 Å². The molecular weight excluding hydrogens is 342 g/mol. The van der Waals surface area contributed by atoms with E-state index in [9.17, 15) is 0 Å². The Balaban J connectivity index is 1.81. The van der Waals surface area contributed by atoms with E-state index in [1.807, 2.05) is 18.2 Å². The molecule has 5 aromatic rings. The number of anilines is 2. The van der Waals surface area contributed by atoms with Crippen molar-refractivity contribution in [2.45, 2.75) is 26.2 Å². The number of para-hydroxylation sites is 2. The summed E-state index contributed by atoms with van der Waals surface area (Å²) < 4.78 is 6.53. The monoisotopic (exact) mass is 365 g/mol. The van der Waals surface area contributed by atoms with E-state index in [1.54, 1.807) is 0 Å². The van der Waals surface area contributed by atoms with E-state index in [2.05, 4.69) is 72.9 Å². The fourth-order valence-electron chi connectivity index (χ4n) is 4.04. The zero-order chi connectivity index (χ0) is 18.9. The molecule has 0 radical (unpaired) electrons. The number of hydrogen-bond acceptors (Lipinski definition) is 2. The summed E-state index contributed by atoms with van der Waals surface area (Å²) >= 11 is 0. The number of aryl methyl sites for hydroxylation is 1. The SMILES string of the molecule is CCCCc1cccc2c1oc1c(Nc3ccccc3)cc3ccccc3c12. The van der Waals surface area contributed by atoms with Gasteiger partial charge in [0.1, 0.15) is 5.58 Å². The lowest BCUT2D eigenvalue weighted by molar-refractivity contribution is 0.660. The molecule has 0 saturated carbocycles. The van der Waals surface area contributed by atoms with Gasteiger partial charge in [-0.3, -0.25) is 0 Å². The number of fused-ring (bicyclic) bond motifs is 5. The van der Waals surface area contributed by atoms with Gasteiger partial charge in [0.15, 0.2) is 5.58 Å². The van der Waals surface area contributed by atoms with E-state index < -0.39 is 0 Å². The summed E-state index contributed by atoms with van der Waals surface area (Å²) in [5.74, 6) is 0. The van der Waals surface area contributed by atoms with Crippen molar-refractivity contribution >= 4 is 44.1 Å². The molecule has 0 aliphatic carbocycles. The maximum absolute atomic E-state index is 6.53. The van der Waals surface area contributed by atoms with Crippen molar-refractivity contribution in [1.29, 1.82) is 0 Å². The second-order valence-electron chi connectivity index (χ2n) is 7.34. The molecule has 0 fully saturated rings. The first kappa shape index (κ1) is 16.9. The van der Waals surface area contributed by atoms with Crippen molar-refractivity contribution in [2.75, 3.05) is 5.32 Å². The number of rotatable bonds is 5. The van der Waals surface area contributed by atoms with E-state index in [4.69, 9.17) is 4.42 Å². The molecular formula is C26H23NO. The Bertz CT molecular complexity index is 1270. The van der Waals surface area contributed by atoms with Gasteiger partial charge in [-0.05, 0) is 47.4 Å². The molecule has 28 heavy (non-hydrogen) atoms. The van der Waals surface area contributed by atoms with E-state index in [1.165, 1.54) is 39.9 Å². The Hall–Kier alpha value is -3.26. The number of unbranched alkanes of at least 4 members (excludes halogenated alkanes) is 1. The van der Waals surface area contributed by atoms with Gasteiger partial charge in [-0.25, -0.2) is 0 Å². The van der Waals surface area contributed by atoms with Crippen molar-refractivity contribution in [1.82, 2.24) is 0 Å². The highest BCUT2D eigenvalue weighted by atomic mass is 16.3. The van der Waals surface area contributed by atoms with Gasteiger partial charge in [-0.15, -0.1) is 0 Å². The third-order valence-electron chi connectivity index (χ3n) is 5.42. The van der Waals surface area contributed by atoms with Gasteiger partial charge in [0, 0.05) is 16.5 Å². The van der Waals surface area contributed by atoms with Crippen LogP contribution in [0.2, 0.25) is 0 Å². The smallest absolute Gasteiger partial charge is 0.159 e. The normalized spacial score (nSPS) is 11.5. The van der Waals surface area contributed by atoms with Gasteiger partial charge < -0.3 is 9.73 Å². The van der Waals surface area contributed by atoms with E-state index in [0.717, 1.165) is 29.0 Å². The number of benzene rings is 4. The summed E-state index contributed by atoms with van der Waals surface area (Å²) in [6.45, 7) is 2.23. The average molecular weight is 365 g/mol. The summed E-state index contributed by atoms with van der Waals surface area (Å²) in [5.41, 5.74) is 5.33. The molecule has 4 aromatic carbocycles. The summed E-state index contributed by atoms with van der Waals surface area (Å²) in [5, 5.41) is 8.43. The molecule has 2 heteroatoms. The Morgan fingerprint density at radius 1 is 0.786 bits per heavy atom. The summed E-state index contributed by atoms with van der Waals surface area (Å²) in [4.78, 5) is 0. The Labute approximate surface area is 164 Å². The van der Waals surface area contributed by atoms with Crippen molar-refractivity contribution in [3.63, 3.8) is 0 Å². The van der Waals surface area contributed by atoms with Crippen LogP contribution < -0.4 is 5.32 Å². The van der Waals surface area contributed by atoms with Gasteiger partial charge in [0.05, 0.1) is 5.69 Å². The first-order valence-electron chi connectivity index (χ1n) is 10.0. The molecule has 0 aliphatic rings. The second-order valence-corrected chi connectivity index (χ2v) is 7.34. The summed E-state index contributed by atoms with van der Waals surface area (Å²) in [6, 6.07) is 27.6. The zero-order valence-corrected chi connectivity index (χ0v) is 16.0. The second kappa shape index (κ2) is 7.05. The third-order valence-corrected chi connectivity index (χ3v) is 5.42. The van der Waals surface area contributed by atoms with Crippen LogP contribution in [0.15, 0.2) is 83.3 Å². The van der Waals surface area contributed by atoms with Crippen molar-refractivity contribution in [2.24, 2.45) is 0 Å². The maximum Gasteiger partial charge on any atom is 0.159 e. The summed E-state index contributed by atoms with van der Waals surface area (Å²) in [6.07, 6.45) is 3.40. The van der Waals surface area contributed by atoms with Crippen LogP contribution in [0.25, 0.3) is 32.7 Å². The average Bonchev–Trinajstić information content (AvgIpc) is 3.14. The number of nitrogens with one attached hydrogen (secondary N) is 1. The minimum Gasteiger partial charge on any atom is -0.454 e. The first-order chi connectivity index (χ1) is 13.8. The lowest BCUT2D eigenvalue weighted by Crippen LogP contribution is -1.90. The fraction of sp³-hybridized carbons (Fsp3) is 0.154. The van der Waals surface area contributed by atoms with Gasteiger partial charge in [-0.2, -0.15) is 0 Å². The zero-order valence-electron chi connectivity index (χ0n) is 16.0. The fourth-order valence-corrected chi connectivity index (χ4v) is 4.04. The van der Waals surface area contributed by atoms with Gasteiger partial charge >= 0.3 is 0 Å². The molecule has 0 bridgehead atoms. The quantitative estimate of drug-likeness (QED) is 0.343. The van der Waals surface area contributed by atoms with Crippen LogP contribution >= 0.6 is 0 Å². The number of furan rings is 1. The van der Waals surface area contributed by atoms with Crippen molar-refractivity contribution < 1.29 is 4.42 Å². The maximum atomic E-state index is 6.53. The molecule has 1 N–H and O–H groups in total. The van der Waals surface area contributed by atoms with Crippen LogP contribution in [0, 0.1) is 0 Å². The predicted molar refractivity (Wildman–Crippen MR) is 120 cm³/mol. The van der Waals surface area contributed by atoms with Gasteiger partial charge in [0.25, 0.3) is 0 Å². The standard InChI is InChI=1S/C26H23NO/c1-2-3-10-18-12-9-16-22-24-21-15-8-7-11-19(21)17-23(26(24)28-25(18)22)27-20-13-5-4-6-14-20/h4-9,11-17,27H,2-3,10H2,1H3. The Morgan fingerprint density at radius 3 is 2.43 bits per heavy atom. The highest BCUT2D eigenvalue weighted by Crippen LogP contribution is 2.41. The lowest BCUT2D eigenvalue weighted by atomic mass is 10.0. The van der Waals surface area contributed by atoms with Crippen LogP contribution in [0.4, 0.5) is 11.4 Å². The molecule has 1 heterocycles. The van der Waals surface area contributed by atoms with Crippen molar-refractivity contribution in [3.05, 3.63) is 84.4 Å². The number of hydrogen-bond donors (Lipinski definition) is 1. The van der Waals surface area contributed by atoms with E-state index in [-0.39, 0.29) is 0 Å².